The summed E-state index contributed by atoms with van der Waals surface area (Å²) in [6, 6.07) is 7.97. The van der Waals surface area contributed by atoms with Crippen molar-refractivity contribution in [3.8, 4) is 0 Å². The molecule has 1 aliphatic rings. The van der Waals surface area contributed by atoms with Crippen LogP contribution in [-0.4, -0.2) is 54.5 Å². The van der Waals surface area contributed by atoms with Crippen LogP contribution in [-0.2, 0) is 16.0 Å². The SMILES string of the molecule is COCCNC(=S)N(Cc1cc2cccc(C)c2[nH]c1=O)C[C@@H]1CCCO1. The van der Waals surface area contributed by atoms with Gasteiger partial charge in [-0.05, 0) is 49.0 Å². The topological polar surface area (TPSA) is 66.6 Å². The number of rotatable bonds is 7. The zero-order valence-corrected chi connectivity index (χ0v) is 16.7. The molecule has 0 unspecified atom stereocenters. The van der Waals surface area contributed by atoms with Crippen LogP contribution < -0.4 is 10.9 Å². The van der Waals surface area contributed by atoms with Crippen molar-refractivity contribution in [2.75, 3.05) is 33.4 Å². The Labute approximate surface area is 164 Å². The van der Waals surface area contributed by atoms with Gasteiger partial charge in [0.25, 0.3) is 5.56 Å². The predicted octanol–water partition coefficient (Wildman–Crippen LogP) is 2.34. The molecule has 27 heavy (non-hydrogen) atoms. The van der Waals surface area contributed by atoms with Gasteiger partial charge in [-0.15, -0.1) is 0 Å². The van der Waals surface area contributed by atoms with Gasteiger partial charge in [0, 0.05) is 32.4 Å². The van der Waals surface area contributed by atoms with Crippen molar-refractivity contribution in [1.82, 2.24) is 15.2 Å². The molecule has 1 saturated heterocycles. The monoisotopic (exact) mass is 389 g/mol. The van der Waals surface area contributed by atoms with Gasteiger partial charge in [0.05, 0.1) is 24.8 Å². The van der Waals surface area contributed by atoms with Gasteiger partial charge in [-0.25, -0.2) is 0 Å². The molecule has 1 atom stereocenters. The number of aromatic nitrogens is 1. The minimum absolute atomic E-state index is 0.0752. The van der Waals surface area contributed by atoms with Crippen molar-refractivity contribution < 1.29 is 9.47 Å². The highest BCUT2D eigenvalue weighted by molar-refractivity contribution is 7.80. The number of pyridine rings is 1. The van der Waals surface area contributed by atoms with Gasteiger partial charge in [0.15, 0.2) is 5.11 Å². The Hall–Kier alpha value is -1.96. The fourth-order valence-electron chi connectivity index (χ4n) is 3.38. The molecule has 2 aromatic rings. The Kier molecular flexibility index (Phi) is 6.82. The fraction of sp³-hybridized carbons (Fsp3) is 0.500. The highest BCUT2D eigenvalue weighted by Gasteiger charge is 2.22. The molecule has 1 aromatic carbocycles. The van der Waals surface area contributed by atoms with Gasteiger partial charge in [-0.1, -0.05) is 18.2 Å². The van der Waals surface area contributed by atoms with Crippen LogP contribution in [0.3, 0.4) is 0 Å². The summed E-state index contributed by atoms with van der Waals surface area (Å²) in [5.74, 6) is 0. The third-order valence-corrected chi connectivity index (χ3v) is 5.25. The first-order chi connectivity index (χ1) is 13.1. The van der Waals surface area contributed by atoms with Crippen molar-refractivity contribution >= 4 is 28.2 Å². The second kappa shape index (κ2) is 9.30. The first-order valence-electron chi connectivity index (χ1n) is 9.33. The first-order valence-corrected chi connectivity index (χ1v) is 9.74. The summed E-state index contributed by atoms with van der Waals surface area (Å²) in [5.41, 5.74) is 2.57. The van der Waals surface area contributed by atoms with Gasteiger partial charge < -0.3 is 24.7 Å². The molecule has 7 heteroatoms. The van der Waals surface area contributed by atoms with Gasteiger partial charge in [-0.3, -0.25) is 4.79 Å². The van der Waals surface area contributed by atoms with E-state index in [-0.39, 0.29) is 11.7 Å². The first kappa shape index (κ1) is 19.8. The molecule has 0 saturated carbocycles. The largest absolute Gasteiger partial charge is 0.383 e. The molecule has 0 spiro atoms. The van der Waals surface area contributed by atoms with Crippen LogP contribution in [0.25, 0.3) is 10.9 Å². The molecule has 1 aliphatic heterocycles. The Bertz CT molecular complexity index is 846. The smallest absolute Gasteiger partial charge is 0.253 e. The zero-order valence-electron chi connectivity index (χ0n) is 15.9. The Morgan fingerprint density at radius 3 is 3.07 bits per heavy atom. The number of benzene rings is 1. The molecule has 146 valence electrons. The van der Waals surface area contributed by atoms with Crippen molar-refractivity contribution in [2.45, 2.75) is 32.4 Å². The molecule has 3 rings (SSSR count). The number of nitrogens with one attached hydrogen (secondary N) is 2. The van der Waals surface area contributed by atoms with Crippen LogP contribution in [0.1, 0.15) is 24.0 Å². The molecule has 1 aromatic heterocycles. The molecule has 2 N–H and O–H groups in total. The van der Waals surface area contributed by atoms with Crippen LogP contribution in [0.15, 0.2) is 29.1 Å². The normalized spacial score (nSPS) is 16.6. The number of hydrogen-bond acceptors (Lipinski definition) is 4. The van der Waals surface area contributed by atoms with E-state index in [1.54, 1.807) is 7.11 Å². The number of thiocarbonyl (C=S) groups is 1. The van der Waals surface area contributed by atoms with Crippen LogP contribution >= 0.6 is 12.2 Å². The molecule has 0 bridgehead atoms. The number of aromatic amines is 1. The molecule has 0 radical (unpaired) electrons. The van der Waals surface area contributed by atoms with Crippen molar-refractivity contribution in [3.63, 3.8) is 0 Å². The molecule has 0 amide bonds. The number of nitrogens with zero attached hydrogens (tertiary/aromatic N) is 1. The summed E-state index contributed by atoms with van der Waals surface area (Å²) in [6.45, 7) is 5.10. The lowest BCUT2D eigenvalue weighted by atomic mass is 10.1. The standard InChI is InChI=1S/C20H27N3O3S/c1-14-5-3-6-15-11-16(19(24)22-18(14)15)12-23(13-17-7-4-9-26-17)20(27)21-8-10-25-2/h3,5-6,11,17H,4,7-10,12-13H2,1-2H3,(H,21,27)(H,22,24)/t17-/m0/s1. The van der Waals surface area contributed by atoms with Crippen LogP contribution in [0.2, 0.25) is 0 Å². The van der Waals surface area contributed by atoms with Crippen LogP contribution in [0.4, 0.5) is 0 Å². The summed E-state index contributed by atoms with van der Waals surface area (Å²) >= 11 is 5.57. The van der Waals surface area contributed by atoms with Crippen molar-refractivity contribution in [2.24, 2.45) is 0 Å². The summed E-state index contributed by atoms with van der Waals surface area (Å²) in [4.78, 5) is 17.7. The summed E-state index contributed by atoms with van der Waals surface area (Å²) < 4.78 is 10.9. The van der Waals surface area contributed by atoms with E-state index in [1.165, 1.54) is 0 Å². The highest BCUT2D eigenvalue weighted by atomic mass is 32.1. The average Bonchev–Trinajstić information content (AvgIpc) is 3.16. The lowest BCUT2D eigenvalue weighted by molar-refractivity contribution is 0.0895. The minimum atomic E-state index is -0.0752. The molecule has 6 nitrogen and oxygen atoms in total. The van der Waals surface area contributed by atoms with Gasteiger partial charge >= 0.3 is 0 Å². The molecular weight excluding hydrogens is 362 g/mol. The van der Waals surface area contributed by atoms with Crippen LogP contribution in [0, 0.1) is 6.92 Å². The van der Waals surface area contributed by atoms with Gasteiger partial charge in [0.2, 0.25) is 0 Å². The molecule has 1 fully saturated rings. The number of aryl methyl sites for hydroxylation is 1. The van der Waals surface area contributed by atoms with E-state index in [1.807, 2.05) is 36.1 Å². The Morgan fingerprint density at radius 2 is 2.33 bits per heavy atom. The molecule has 2 heterocycles. The van der Waals surface area contributed by atoms with E-state index in [0.717, 1.165) is 35.9 Å². The number of methoxy groups -OCH3 is 1. The van der Waals surface area contributed by atoms with E-state index in [4.69, 9.17) is 21.7 Å². The van der Waals surface area contributed by atoms with E-state index >= 15 is 0 Å². The zero-order chi connectivity index (χ0) is 19.2. The highest BCUT2D eigenvalue weighted by Crippen LogP contribution is 2.18. The van der Waals surface area contributed by atoms with E-state index in [2.05, 4.69) is 10.3 Å². The minimum Gasteiger partial charge on any atom is -0.383 e. The lowest BCUT2D eigenvalue weighted by Gasteiger charge is -2.28. The molecule has 0 aliphatic carbocycles. The summed E-state index contributed by atoms with van der Waals surface area (Å²) in [7, 11) is 1.66. The van der Waals surface area contributed by atoms with Crippen molar-refractivity contribution in [1.29, 1.82) is 0 Å². The second-order valence-corrected chi connectivity index (χ2v) is 7.29. The lowest BCUT2D eigenvalue weighted by Crippen LogP contribution is -2.44. The number of para-hydroxylation sites is 1. The maximum atomic E-state index is 12.6. The summed E-state index contributed by atoms with van der Waals surface area (Å²) in [5, 5.41) is 4.85. The van der Waals surface area contributed by atoms with E-state index < -0.39 is 0 Å². The predicted molar refractivity (Wildman–Crippen MR) is 111 cm³/mol. The maximum Gasteiger partial charge on any atom is 0.253 e. The third-order valence-electron chi connectivity index (χ3n) is 4.84. The number of H-pyrrole nitrogens is 1. The van der Waals surface area contributed by atoms with Gasteiger partial charge in [-0.2, -0.15) is 0 Å². The quantitative estimate of drug-likeness (QED) is 0.560. The Balaban J connectivity index is 1.81. The second-order valence-electron chi connectivity index (χ2n) is 6.90. The van der Waals surface area contributed by atoms with Crippen molar-refractivity contribution in [3.05, 3.63) is 45.7 Å². The number of fused-ring (bicyclic) bond motifs is 1. The van der Waals surface area contributed by atoms with E-state index in [9.17, 15) is 4.79 Å². The maximum absolute atomic E-state index is 12.6. The van der Waals surface area contributed by atoms with E-state index in [0.29, 0.717) is 36.9 Å². The third kappa shape index (κ3) is 5.06. The number of hydrogen-bond donors (Lipinski definition) is 2. The van der Waals surface area contributed by atoms with Gasteiger partial charge in [0.1, 0.15) is 0 Å². The number of ether oxygens (including phenoxy) is 2. The fourth-order valence-corrected chi connectivity index (χ4v) is 3.62. The molecular formula is C20H27N3O3S. The van der Waals surface area contributed by atoms with Crippen LogP contribution in [0.5, 0.6) is 0 Å². The summed E-state index contributed by atoms with van der Waals surface area (Å²) in [6.07, 6.45) is 2.23. The Morgan fingerprint density at radius 1 is 1.48 bits per heavy atom. The average molecular weight is 390 g/mol.